The van der Waals surface area contributed by atoms with Crippen LogP contribution in [-0.2, 0) is 0 Å². The number of hydrogen-bond donors (Lipinski definition) is 0. The van der Waals surface area contributed by atoms with Gasteiger partial charge in [0.15, 0.2) is 0 Å². The average molecular weight is 169 g/mol. The third kappa shape index (κ3) is 2.55. The van der Waals surface area contributed by atoms with E-state index in [1.807, 2.05) is 12.2 Å². The summed E-state index contributed by atoms with van der Waals surface area (Å²) in [6, 6.07) is 0. The van der Waals surface area contributed by atoms with Crippen molar-refractivity contribution in [2.75, 3.05) is 0 Å². The van der Waals surface area contributed by atoms with Crippen molar-refractivity contribution in [2.24, 2.45) is 5.92 Å². The molecule has 0 aliphatic heterocycles. The summed E-state index contributed by atoms with van der Waals surface area (Å²) in [5.74, 6) is 0.646. The van der Waals surface area contributed by atoms with Crippen molar-refractivity contribution in [1.82, 2.24) is 0 Å². The monoisotopic (exact) mass is 168 g/mol. The standard InChI is InChI=1S/C10H13Cl/c1-8-4-3-5-10(11)7-6-9(8)2/h3,5-8H,4H2,1-2H3. The van der Waals surface area contributed by atoms with Crippen LogP contribution >= 0.6 is 11.6 Å². The lowest BCUT2D eigenvalue weighted by atomic mass is 9.97. The van der Waals surface area contributed by atoms with Gasteiger partial charge in [-0.15, -0.1) is 0 Å². The van der Waals surface area contributed by atoms with Gasteiger partial charge in [0.1, 0.15) is 0 Å². The van der Waals surface area contributed by atoms with Gasteiger partial charge in [-0.05, 0) is 31.4 Å². The molecule has 0 amide bonds. The lowest BCUT2D eigenvalue weighted by Gasteiger charge is -2.09. The summed E-state index contributed by atoms with van der Waals surface area (Å²) in [5, 5.41) is 0.816. The predicted octanol–water partition coefficient (Wildman–Crippen LogP) is 3.65. The van der Waals surface area contributed by atoms with Crippen molar-refractivity contribution in [3.8, 4) is 0 Å². The topological polar surface area (TPSA) is 0 Å². The molecule has 0 aromatic heterocycles. The predicted molar refractivity (Wildman–Crippen MR) is 50.6 cm³/mol. The molecule has 0 spiro atoms. The molecule has 1 heteroatoms. The molecular formula is C10H13Cl. The second-order valence-electron chi connectivity index (χ2n) is 3.00. The number of allylic oxidation sites excluding steroid dienone is 6. The van der Waals surface area contributed by atoms with E-state index < -0.39 is 0 Å². The Labute approximate surface area is 73.3 Å². The van der Waals surface area contributed by atoms with Crippen molar-refractivity contribution in [3.63, 3.8) is 0 Å². The molecule has 0 aromatic rings. The SMILES string of the molecule is CC1=CC=C(Cl)C=CCC1C. The molecule has 0 fully saturated rings. The minimum absolute atomic E-state index is 0.646. The van der Waals surface area contributed by atoms with Gasteiger partial charge in [0.2, 0.25) is 0 Å². The van der Waals surface area contributed by atoms with Crippen molar-refractivity contribution < 1.29 is 0 Å². The fourth-order valence-electron chi connectivity index (χ4n) is 1.00. The molecule has 1 unspecified atom stereocenters. The fourth-order valence-corrected chi connectivity index (χ4v) is 1.15. The van der Waals surface area contributed by atoms with Crippen LogP contribution < -0.4 is 0 Å². The summed E-state index contributed by atoms with van der Waals surface area (Å²) in [4.78, 5) is 0. The Kier molecular flexibility index (Phi) is 2.95. The van der Waals surface area contributed by atoms with E-state index in [0.29, 0.717) is 5.92 Å². The van der Waals surface area contributed by atoms with E-state index in [4.69, 9.17) is 11.6 Å². The number of hydrogen-bond acceptors (Lipinski definition) is 0. The van der Waals surface area contributed by atoms with E-state index in [2.05, 4.69) is 26.0 Å². The quantitative estimate of drug-likeness (QED) is 0.518. The first-order chi connectivity index (χ1) is 5.20. The molecule has 1 rings (SSSR count). The molecule has 0 heterocycles. The highest BCUT2D eigenvalue weighted by molar-refractivity contribution is 6.31. The third-order valence-electron chi connectivity index (χ3n) is 2.05. The molecule has 60 valence electrons. The van der Waals surface area contributed by atoms with Crippen LogP contribution in [0.15, 0.2) is 34.9 Å². The molecular weight excluding hydrogens is 156 g/mol. The van der Waals surface area contributed by atoms with Crippen LogP contribution in [0.4, 0.5) is 0 Å². The summed E-state index contributed by atoms with van der Waals surface area (Å²) < 4.78 is 0. The van der Waals surface area contributed by atoms with Crippen LogP contribution in [0.3, 0.4) is 0 Å². The molecule has 0 saturated heterocycles. The summed E-state index contributed by atoms with van der Waals surface area (Å²) in [7, 11) is 0. The fraction of sp³-hybridized carbons (Fsp3) is 0.400. The maximum atomic E-state index is 5.84. The van der Waals surface area contributed by atoms with Gasteiger partial charge in [-0.1, -0.05) is 36.2 Å². The van der Waals surface area contributed by atoms with E-state index in [9.17, 15) is 0 Å². The molecule has 0 saturated carbocycles. The maximum absolute atomic E-state index is 5.84. The van der Waals surface area contributed by atoms with Gasteiger partial charge in [0, 0.05) is 5.03 Å². The second-order valence-corrected chi connectivity index (χ2v) is 3.44. The van der Waals surface area contributed by atoms with E-state index in [-0.39, 0.29) is 0 Å². The highest BCUT2D eigenvalue weighted by atomic mass is 35.5. The smallest absolute Gasteiger partial charge is 0.0402 e. The van der Waals surface area contributed by atoms with Gasteiger partial charge in [-0.3, -0.25) is 0 Å². The van der Waals surface area contributed by atoms with Crippen molar-refractivity contribution in [1.29, 1.82) is 0 Å². The summed E-state index contributed by atoms with van der Waals surface area (Å²) in [5.41, 5.74) is 1.40. The average Bonchev–Trinajstić information content (AvgIpc) is 1.98. The zero-order valence-corrected chi connectivity index (χ0v) is 7.73. The Hall–Kier alpha value is -0.490. The van der Waals surface area contributed by atoms with Crippen molar-refractivity contribution in [2.45, 2.75) is 20.3 Å². The van der Waals surface area contributed by atoms with Crippen LogP contribution in [0, 0.1) is 5.92 Å². The first-order valence-electron chi connectivity index (χ1n) is 3.90. The molecule has 1 atom stereocenters. The molecule has 0 aromatic carbocycles. The Morgan fingerprint density at radius 3 is 2.91 bits per heavy atom. The zero-order chi connectivity index (χ0) is 8.27. The van der Waals surface area contributed by atoms with Crippen LogP contribution in [0.2, 0.25) is 0 Å². The van der Waals surface area contributed by atoms with Crippen molar-refractivity contribution >= 4 is 11.6 Å². The number of halogens is 1. The Bertz CT molecular complexity index is 221. The second kappa shape index (κ2) is 3.77. The van der Waals surface area contributed by atoms with Crippen LogP contribution in [-0.4, -0.2) is 0 Å². The van der Waals surface area contributed by atoms with Crippen LogP contribution in [0.5, 0.6) is 0 Å². The summed E-state index contributed by atoms with van der Waals surface area (Å²) >= 11 is 5.84. The van der Waals surface area contributed by atoms with Crippen LogP contribution in [0.25, 0.3) is 0 Å². The molecule has 0 nitrogen and oxygen atoms in total. The molecule has 0 bridgehead atoms. The summed E-state index contributed by atoms with van der Waals surface area (Å²) in [6.45, 7) is 4.37. The Morgan fingerprint density at radius 1 is 1.45 bits per heavy atom. The van der Waals surface area contributed by atoms with E-state index in [1.165, 1.54) is 5.57 Å². The minimum Gasteiger partial charge on any atom is -0.0844 e. The van der Waals surface area contributed by atoms with Gasteiger partial charge < -0.3 is 0 Å². The lowest BCUT2D eigenvalue weighted by molar-refractivity contribution is 0.694. The third-order valence-corrected chi connectivity index (χ3v) is 2.30. The molecule has 0 N–H and O–H groups in total. The van der Waals surface area contributed by atoms with E-state index in [1.54, 1.807) is 0 Å². The molecule has 1 aliphatic carbocycles. The van der Waals surface area contributed by atoms with Crippen LogP contribution in [0.1, 0.15) is 20.3 Å². The van der Waals surface area contributed by atoms with Gasteiger partial charge in [0.05, 0.1) is 0 Å². The molecule has 11 heavy (non-hydrogen) atoms. The number of rotatable bonds is 0. The van der Waals surface area contributed by atoms with Crippen molar-refractivity contribution in [3.05, 3.63) is 34.9 Å². The molecule has 1 aliphatic rings. The van der Waals surface area contributed by atoms with Gasteiger partial charge in [0.25, 0.3) is 0 Å². The highest BCUT2D eigenvalue weighted by Gasteiger charge is 2.02. The van der Waals surface area contributed by atoms with Gasteiger partial charge in [-0.25, -0.2) is 0 Å². The first-order valence-corrected chi connectivity index (χ1v) is 4.28. The minimum atomic E-state index is 0.646. The molecule has 0 radical (unpaired) electrons. The van der Waals surface area contributed by atoms with E-state index >= 15 is 0 Å². The summed E-state index contributed by atoms with van der Waals surface area (Å²) in [6.07, 6.45) is 9.22. The largest absolute Gasteiger partial charge is 0.0844 e. The first kappa shape index (κ1) is 8.61. The van der Waals surface area contributed by atoms with Gasteiger partial charge in [-0.2, -0.15) is 0 Å². The lowest BCUT2D eigenvalue weighted by Crippen LogP contribution is -1.94. The van der Waals surface area contributed by atoms with E-state index in [0.717, 1.165) is 11.5 Å². The zero-order valence-electron chi connectivity index (χ0n) is 6.97. The Balaban J connectivity index is 2.84. The maximum Gasteiger partial charge on any atom is 0.0402 e. The normalized spacial score (nSPS) is 25.2. The Morgan fingerprint density at radius 2 is 2.18 bits per heavy atom. The highest BCUT2D eigenvalue weighted by Crippen LogP contribution is 2.18. The van der Waals surface area contributed by atoms with Gasteiger partial charge >= 0.3 is 0 Å².